The molecular formula is C11H17NO2S2. The third-order valence-electron chi connectivity index (χ3n) is 2.30. The van der Waals surface area contributed by atoms with E-state index in [0.29, 0.717) is 5.56 Å². The smallest absolute Gasteiger partial charge is 0.336 e. The highest BCUT2D eigenvalue weighted by Crippen LogP contribution is 2.20. The molecule has 0 unspecified atom stereocenters. The Hall–Kier alpha value is -0.520. The molecule has 0 aliphatic carbocycles. The Balaban J connectivity index is 2.40. The minimum absolute atomic E-state index is 0.215. The largest absolute Gasteiger partial charge is 0.478 e. The van der Waals surface area contributed by atoms with Crippen LogP contribution in [-0.4, -0.2) is 28.6 Å². The van der Waals surface area contributed by atoms with Crippen molar-refractivity contribution in [2.45, 2.75) is 25.1 Å². The second-order valence-corrected chi connectivity index (χ2v) is 6.68. The zero-order valence-electron chi connectivity index (χ0n) is 9.74. The number of aromatic carboxylic acids is 1. The van der Waals surface area contributed by atoms with E-state index in [4.69, 9.17) is 5.11 Å². The quantitative estimate of drug-likeness (QED) is 0.824. The van der Waals surface area contributed by atoms with Gasteiger partial charge in [0, 0.05) is 28.1 Å². The molecule has 0 aliphatic heterocycles. The highest BCUT2D eigenvalue weighted by molar-refractivity contribution is 7.99. The normalized spacial score (nSPS) is 11.7. The van der Waals surface area contributed by atoms with Gasteiger partial charge in [-0.05, 0) is 26.2 Å². The zero-order valence-corrected chi connectivity index (χ0v) is 11.4. The molecule has 1 aromatic rings. The van der Waals surface area contributed by atoms with Gasteiger partial charge in [0.2, 0.25) is 0 Å². The number of carboxylic acids is 1. The molecule has 0 amide bonds. The Morgan fingerprint density at radius 2 is 2.31 bits per heavy atom. The van der Waals surface area contributed by atoms with Crippen molar-refractivity contribution in [1.29, 1.82) is 0 Å². The van der Waals surface area contributed by atoms with E-state index in [-0.39, 0.29) is 4.75 Å². The minimum atomic E-state index is -0.855. The molecule has 0 fully saturated rings. The third kappa shape index (κ3) is 4.15. The molecule has 1 heterocycles. The van der Waals surface area contributed by atoms with Crippen LogP contribution in [0.25, 0.3) is 0 Å². The number of carbonyl (C=O) groups is 1. The fourth-order valence-corrected chi connectivity index (χ4v) is 2.22. The number of hydrogen-bond acceptors (Lipinski definition) is 4. The van der Waals surface area contributed by atoms with E-state index >= 15 is 0 Å². The van der Waals surface area contributed by atoms with Crippen LogP contribution in [0.3, 0.4) is 0 Å². The summed E-state index contributed by atoms with van der Waals surface area (Å²) in [6, 6.07) is 1.73. The molecule has 3 nitrogen and oxygen atoms in total. The van der Waals surface area contributed by atoms with E-state index in [9.17, 15) is 4.79 Å². The van der Waals surface area contributed by atoms with E-state index in [2.05, 4.69) is 25.4 Å². The fourth-order valence-electron chi connectivity index (χ4n) is 1.14. The van der Waals surface area contributed by atoms with Crippen molar-refractivity contribution < 1.29 is 9.90 Å². The lowest BCUT2D eigenvalue weighted by Crippen LogP contribution is -2.31. The molecular weight excluding hydrogens is 242 g/mol. The van der Waals surface area contributed by atoms with Gasteiger partial charge < -0.3 is 10.4 Å². The first-order valence-electron chi connectivity index (χ1n) is 5.01. The summed E-state index contributed by atoms with van der Waals surface area (Å²) in [5.41, 5.74) is 0.380. The topological polar surface area (TPSA) is 49.3 Å². The summed E-state index contributed by atoms with van der Waals surface area (Å²) >= 11 is 3.31. The van der Waals surface area contributed by atoms with Crippen LogP contribution in [-0.2, 0) is 6.54 Å². The summed E-state index contributed by atoms with van der Waals surface area (Å²) in [4.78, 5) is 11.7. The number of nitrogens with one attached hydrogen (secondary N) is 1. The standard InChI is InChI=1S/C11H17NO2S2/c1-11(2,15-3)7-12-5-9-4-8(6-16-9)10(13)14/h4,6,12H,5,7H2,1-3H3,(H,13,14). The Morgan fingerprint density at radius 1 is 1.62 bits per heavy atom. The maximum atomic E-state index is 10.7. The molecule has 0 spiro atoms. The van der Waals surface area contributed by atoms with Gasteiger partial charge in [0.25, 0.3) is 0 Å². The first kappa shape index (κ1) is 13.5. The van der Waals surface area contributed by atoms with E-state index in [1.165, 1.54) is 11.3 Å². The summed E-state index contributed by atoms with van der Waals surface area (Å²) in [6.07, 6.45) is 2.09. The molecule has 16 heavy (non-hydrogen) atoms. The van der Waals surface area contributed by atoms with Crippen LogP contribution in [0.2, 0.25) is 0 Å². The molecule has 0 radical (unpaired) electrons. The summed E-state index contributed by atoms with van der Waals surface area (Å²) in [6.45, 7) is 6.01. The zero-order chi connectivity index (χ0) is 12.2. The molecule has 90 valence electrons. The first-order chi connectivity index (χ1) is 7.44. The van der Waals surface area contributed by atoms with Crippen molar-refractivity contribution in [3.8, 4) is 0 Å². The molecule has 1 aromatic heterocycles. The Labute approximate surface area is 104 Å². The van der Waals surface area contributed by atoms with Gasteiger partial charge in [0.05, 0.1) is 5.56 Å². The predicted molar refractivity (Wildman–Crippen MR) is 70.6 cm³/mol. The molecule has 1 rings (SSSR count). The minimum Gasteiger partial charge on any atom is -0.478 e. The predicted octanol–water partition coefficient (Wildman–Crippen LogP) is 2.68. The maximum absolute atomic E-state index is 10.7. The average Bonchev–Trinajstić information content (AvgIpc) is 2.66. The van der Waals surface area contributed by atoms with E-state index in [0.717, 1.165) is 18.0 Å². The van der Waals surface area contributed by atoms with Crippen molar-refractivity contribution in [3.05, 3.63) is 21.9 Å². The van der Waals surface area contributed by atoms with Crippen molar-refractivity contribution >= 4 is 29.1 Å². The Kier molecular flexibility index (Phi) is 4.83. The van der Waals surface area contributed by atoms with Gasteiger partial charge in [-0.2, -0.15) is 11.8 Å². The van der Waals surface area contributed by atoms with Gasteiger partial charge in [-0.25, -0.2) is 4.79 Å². The highest BCUT2D eigenvalue weighted by Gasteiger charge is 2.15. The van der Waals surface area contributed by atoms with Crippen LogP contribution in [0.15, 0.2) is 11.4 Å². The molecule has 2 N–H and O–H groups in total. The van der Waals surface area contributed by atoms with Gasteiger partial charge in [-0.3, -0.25) is 0 Å². The second-order valence-electron chi connectivity index (χ2n) is 4.17. The van der Waals surface area contributed by atoms with Gasteiger partial charge >= 0.3 is 5.97 Å². The van der Waals surface area contributed by atoms with E-state index in [1.54, 1.807) is 11.4 Å². The molecule has 5 heteroatoms. The SMILES string of the molecule is CSC(C)(C)CNCc1cc(C(=O)O)cs1. The number of thioether (sulfide) groups is 1. The lowest BCUT2D eigenvalue weighted by Gasteiger charge is -2.22. The van der Waals surface area contributed by atoms with E-state index in [1.807, 2.05) is 11.8 Å². The van der Waals surface area contributed by atoms with E-state index < -0.39 is 5.97 Å². The van der Waals surface area contributed by atoms with Crippen LogP contribution in [0.1, 0.15) is 29.1 Å². The number of thiophene rings is 1. The van der Waals surface area contributed by atoms with Gasteiger partial charge in [0.15, 0.2) is 0 Å². The molecule has 0 saturated carbocycles. The summed E-state index contributed by atoms with van der Waals surface area (Å²) in [5.74, 6) is -0.855. The Bertz CT molecular complexity index is 361. The lowest BCUT2D eigenvalue weighted by atomic mass is 10.2. The summed E-state index contributed by atoms with van der Waals surface area (Å²) in [7, 11) is 0. The van der Waals surface area contributed by atoms with Gasteiger partial charge in [-0.1, -0.05) is 0 Å². The highest BCUT2D eigenvalue weighted by atomic mass is 32.2. The number of hydrogen-bond donors (Lipinski definition) is 2. The summed E-state index contributed by atoms with van der Waals surface area (Å²) < 4.78 is 0.215. The van der Waals surface area contributed by atoms with Crippen LogP contribution < -0.4 is 5.32 Å². The molecule has 0 atom stereocenters. The van der Waals surface area contributed by atoms with Crippen LogP contribution >= 0.6 is 23.1 Å². The first-order valence-corrected chi connectivity index (χ1v) is 7.11. The van der Waals surface area contributed by atoms with Gasteiger partial charge in [0.1, 0.15) is 0 Å². The van der Waals surface area contributed by atoms with Crippen LogP contribution in [0.5, 0.6) is 0 Å². The molecule has 0 bridgehead atoms. The second kappa shape index (κ2) is 5.70. The van der Waals surface area contributed by atoms with Crippen molar-refractivity contribution in [3.63, 3.8) is 0 Å². The molecule has 0 aromatic carbocycles. The van der Waals surface area contributed by atoms with Gasteiger partial charge in [-0.15, -0.1) is 11.3 Å². The number of carboxylic acid groups (broad SMARTS) is 1. The maximum Gasteiger partial charge on any atom is 0.336 e. The summed E-state index contributed by atoms with van der Waals surface area (Å²) in [5, 5.41) is 13.8. The van der Waals surface area contributed by atoms with Crippen molar-refractivity contribution in [1.82, 2.24) is 5.32 Å². The lowest BCUT2D eigenvalue weighted by molar-refractivity contribution is 0.0697. The molecule has 0 saturated heterocycles. The van der Waals surface area contributed by atoms with Crippen LogP contribution in [0.4, 0.5) is 0 Å². The van der Waals surface area contributed by atoms with Crippen molar-refractivity contribution in [2.24, 2.45) is 0 Å². The fraction of sp³-hybridized carbons (Fsp3) is 0.545. The van der Waals surface area contributed by atoms with Crippen LogP contribution in [0, 0.1) is 0 Å². The monoisotopic (exact) mass is 259 g/mol. The average molecular weight is 259 g/mol. The Morgan fingerprint density at radius 3 is 2.81 bits per heavy atom. The van der Waals surface area contributed by atoms with Crippen molar-refractivity contribution in [2.75, 3.05) is 12.8 Å². The third-order valence-corrected chi connectivity index (χ3v) is 4.49. The number of rotatable bonds is 6. The molecule has 0 aliphatic rings.